The van der Waals surface area contributed by atoms with Gasteiger partial charge in [0.15, 0.2) is 5.96 Å². The van der Waals surface area contributed by atoms with Gasteiger partial charge in [-0.25, -0.2) is 0 Å². The molecule has 0 spiro atoms. The number of guanidine groups is 1. The first-order chi connectivity index (χ1) is 9.60. The van der Waals surface area contributed by atoms with Crippen LogP contribution in [0, 0.1) is 5.92 Å². The summed E-state index contributed by atoms with van der Waals surface area (Å²) in [7, 11) is 1.86. The lowest BCUT2D eigenvalue weighted by Crippen LogP contribution is -2.49. The molecule has 1 saturated carbocycles. The monoisotopic (exact) mass is 282 g/mol. The van der Waals surface area contributed by atoms with Crippen molar-refractivity contribution in [2.75, 3.05) is 26.7 Å². The third kappa shape index (κ3) is 5.70. The highest BCUT2D eigenvalue weighted by atomic mass is 15.2. The summed E-state index contributed by atoms with van der Waals surface area (Å²) in [6.07, 6.45) is 5.22. The van der Waals surface area contributed by atoms with E-state index in [1.165, 1.54) is 25.7 Å². The minimum absolute atomic E-state index is 0.537. The summed E-state index contributed by atoms with van der Waals surface area (Å²) >= 11 is 0. The molecule has 1 aliphatic rings. The van der Waals surface area contributed by atoms with Crippen molar-refractivity contribution in [3.63, 3.8) is 0 Å². The fraction of sp³-hybridized carbons (Fsp3) is 0.938. The quantitative estimate of drug-likeness (QED) is 0.581. The molecular formula is C16H34N4. The first-order valence-electron chi connectivity index (χ1n) is 8.31. The maximum absolute atomic E-state index is 4.36. The SMILES string of the molecule is CCN(CC)C(C)CNC(=NC)NC1CCC(C)CC1. The van der Waals surface area contributed by atoms with Gasteiger partial charge in [-0.15, -0.1) is 0 Å². The van der Waals surface area contributed by atoms with E-state index >= 15 is 0 Å². The molecule has 0 radical (unpaired) electrons. The zero-order valence-electron chi connectivity index (χ0n) is 14.1. The van der Waals surface area contributed by atoms with E-state index in [4.69, 9.17) is 0 Å². The van der Waals surface area contributed by atoms with Gasteiger partial charge in [0.2, 0.25) is 0 Å². The maximum Gasteiger partial charge on any atom is 0.191 e. The Labute approximate surface area is 125 Å². The van der Waals surface area contributed by atoms with Gasteiger partial charge in [-0.05, 0) is 51.6 Å². The van der Waals surface area contributed by atoms with Crippen molar-refractivity contribution >= 4 is 5.96 Å². The summed E-state index contributed by atoms with van der Waals surface area (Å²) in [6.45, 7) is 12.2. The number of hydrogen-bond acceptors (Lipinski definition) is 2. The lowest BCUT2D eigenvalue weighted by molar-refractivity contribution is 0.231. The van der Waals surface area contributed by atoms with Gasteiger partial charge in [-0.1, -0.05) is 20.8 Å². The van der Waals surface area contributed by atoms with E-state index in [-0.39, 0.29) is 0 Å². The molecule has 0 bridgehead atoms. The van der Waals surface area contributed by atoms with E-state index in [1.54, 1.807) is 0 Å². The Balaban J connectivity index is 2.33. The maximum atomic E-state index is 4.36. The van der Waals surface area contributed by atoms with Crippen LogP contribution in [0.5, 0.6) is 0 Å². The average molecular weight is 282 g/mol. The predicted molar refractivity (Wildman–Crippen MR) is 88.3 cm³/mol. The van der Waals surface area contributed by atoms with Gasteiger partial charge >= 0.3 is 0 Å². The molecule has 1 atom stereocenters. The summed E-state index contributed by atoms with van der Waals surface area (Å²) in [5.41, 5.74) is 0. The second-order valence-electron chi connectivity index (χ2n) is 6.12. The zero-order chi connectivity index (χ0) is 15.0. The fourth-order valence-electron chi connectivity index (χ4n) is 3.01. The molecule has 118 valence electrons. The van der Waals surface area contributed by atoms with Crippen LogP contribution in [0.15, 0.2) is 4.99 Å². The smallest absolute Gasteiger partial charge is 0.191 e. The Kier molecular flexibility index (Phi) is 7.97. The second-order valence-corrected chi connectivity index (χ2v) is 6.12. The van der Waals surface area contributed by atoms with Crippen LogP contribution in [0.2, 0.25) is 0 Å². The van der Waals surface area contributed by atoms with Crippen LogP contribution < -0.4 is 10.6 Å². The first kappa shape index (κ1) is 17.3. The van der Waals surface area contributed by atoms with Gasteiger partial charge in [-0.2, -0.15) is 0 Å². The lowest BCUT2D eigenvalue weighted by Gasteiger charge is -2.30. The number of aliphatic imine (C=N–C) groups is 1. The summed E-state index contributed by atoms with van der Waals surface area (Å²) in [6, 6.07) is 1.14. The van der Waals surface area contributed by atoms with E-state index in [0.717, 1.165) is 31.5 Å². The largest absolute Gasteiger partial charge is 0.355 e. The number of nitrogens with one attached hydrogen (secondary N) is 2. The second kappa shape index (κ2) is 9.22. The molecule has 1 unspecified atom stereocenters. The van der Waals surface area contributed by atoms with Gasteiger partial charge in [-0.3, -0.25) is 9.89 Å². The molecule has 0 aliphatic heterocycles. The van der Waals surface area contributed by atoms with Crippen molar-refractivity contribution in [2.24, 2.45) is 10.9 Å². The standard InChI is InChI=1S/C16H34N4/c1-6-20(7-2)14(4)12-18-16(17-5)19-15-10-8-13(3)9-11-15/h13-15H,6-12H2,1-5H3,(H2,17,18,19). The van der Waals surface area contributed by atoms with Crippen molar-refractivity contribution in [1.29, 1.82) is 0 Å². The molecule has 1 fully saturated rings. The minimum atomic E-state index is 0.537. The van der Waals surface area contributed by atoms with Crippen molar-refractivity contribution in [3.05, 3.63) is 0 Å². The molecule has 2 N–H and O–H groups in total. The number of hydrogen-bond donors (Lipinski definition) is 2. The molecule has 1 aliphatic carbocycles. The highest BCUT2D eigenvalue weighted by molar-refractivity contribution is 5.79. The summed E-state index contributed by atoms with van der Waals surface area (Å²) in [5.74, 6) is 1.86. The van der Waals surface area contributed by atoms with E-state index in [0.29, 0.717) is 12.1 Å². The third-order valence-corrected chi connectivity index (χ3v) is 4.58. The Bertz CT molecular complexity index is 278. The van der Waals surface area contributed by atoms with Crippen LogP contribution in [0.1, 0.15) is 53.4 Å². The number of likely N-dealkylation sites (N-methyl/N-ethyl adjacent to an activating group) is 1. The van der Waals surface area contributed by atoms with E-state index in [1.807, 2.05) is 7.05 Å². The summed E-state index contributed by atoms with van der Waals surface area (Å²) in [4.78, 5) is 6.82. The van der Waals surface area contributed by atoms with Crippen LogP contribution in [-0.4, -0.2) is 49.6 Å². The minimum Gasteiger partial charge on any atom is -0.355 e. The van der Waals surface area contributed by atoms with Crippen LogP contribution in [0.3, 0.4) is 0 Å². The van der Waals surface area contributed by atoms with E-state index in [2.05, 4.69) is 48.2 Å². The molecule has 4 nitrogen and oxygen atoms in total. The highest BCUT2D eigenvalue weighted by Gasteiger charge is 2.19. The molecule has 0 amide bonds. The van der Waals surface area contributed by atoms with Crippen LogP contribution in [0.25, 0.3) is 0 Å². The van der Waals surface area contributed by atoms with Crippen LogP contribution in [-0.2, 0) is 0 Å². The number of nitrogens with zero attached hydrogens (tertiary/aromatic N) is 2. The molecule has 0 saturated heterocycles. The molecule has 0 aromatic carbocycles. The fourth-order valence-corrected chi connectivity index (χ4v) is 3.01. The molecule has 20 heavy (non-hydrogen) atoms. The average Bonchev–Trinajstić information content (AvgIpc) is 2.46. The molecule has 1 rings (SSSR count). The van der Waals surface area contributed by atoms with E-state index < -0.39 is 0 Å². The predicted octanol–water partition coefficient (Wildman–Crippen LogP) is 2.46. The molecule has 0 heterocycles. The van der Waals surface area contributed by atoms with Crippen molar-refractivity contribution < 1.29 is 0 Å². The Morgan fingerprint density at radius 2 is 1.80 bits per heavy atom. The summed E-state index contributed by atoms with van der Waals surface area (Å²) in [5, 5.41) is 7.05. The molecule has 4 heteroatoms. The Hall–Kier alpha value is -0.770. The highest BCUT2D eigenvalue weighted by Crippen LogP contribution is 2.23. The van der Waals surface area contributed by atoms with Gasteiger partial charge in [0, 0.05) is 25.7 Å². The summed E-state index contributed by atoms with van der Waals surface area (Å²) < 4.78 is 0. The Morgan fingerprint density at radius 3 is 2.30 bits per heavy atom. The number of rotatable bonds is 6. The third-order valence-electron chi connectivity index (χ3n) is 4.58. The molecule has 0 aromatic heterocycles. The van der Waals surface area contributed by atoms with Gasteiger partial charge in [0.05, 0.1) is 0 Å². The van der Waals surface area contributed by atoms with Crippen molar-refractivity contribution in [1.82, 2.24) is 15.5 Å². The van der Waals surface area contributed by atoms with Crippen molar-refractivity contribution in [2.45, 2.75) is 65.5 Å². The lowest BCUT2D eigenvalue weighted by atomic mass is 9.87. The van der Waals surface area contributed by atoms with E-state index in [9.17, 15) is 0 Å². The van der Waals surface area contributed by atoms with Gasteiger partial charge < -0.3 is 10.6 Å². The van der Waals surface area contributed by atoms with Gasteiger partial charge in [0.1, 0.15) is 0 Å². The topological polar surface area (TPSA) is 39.7 Å². The molecular weight excluding hydrogens is 248 g/mol. The van der Waals surface area contributed by atoms with Crippen molar-refractivity contribution in [3.8, 4) is 0 Å². The van der Waals surface area contributed by atoms with Crippen LogP contribution in [0.4, 0.5) is 0 Å². The zero-order valence-corrected chi connectivity index (χ0v) is 14.1. The normalized spacial score (nSPS) is 25.6. The molecule has 0 aromatic rings. The first-order valence-corrected chi connectivity index (χ1v) is 8.31. The van der Waals surface area contributed by atoms with Gasteiger partial charge in [0.25, 0.3) is 0 Å². The van der Waals surface area contributed by atoms with Crippen LogP contribution >= 0.6 is 0 Å². The Morgan fingerprint density at radius 1 is 1.20 bits per heavy atom.